The van der Waals surface area contributed by atoms with Crippen molar-refractivity contribution < 1.29 is 0 Å². The summed E-state index contributed by atoms with van der Waals surface area (Å²) in [6.07, 6.45) is 6.34. The number of nitrogens with zero attached hydrogens (tertiary/aromatic N) is 3. The number of aromatic nitrogens is 3. The summed E-state index contributed by atoms with van der Waals surface area (Å²) in [6.45, 7) is 0. The lowest BCUT2D eigenvalue weighted by Crippen LogP contribution is -2.02. The summed E-state index contributed by atoms with van der Waals surface area (Å²) in [5, 5.41) is 10.9. The van der Waals surface area contributed by atoms with Gasteiger partial charge in [-0.05, 0) is 50.0 Å². The van der Waals surface area contributed by atoms with Crippen LogP contribution in [-0.4, -0.2) is 26.3 Å². The molecule has 0 atom stereocenters. The summed E-state index contributed by atoms with van der Waals surface area (Å²) < 4.78 is 2.43. The molecule has 0 radical (unpaired) electrons. The Hall–Kier alpha value is -0.650. The van der Waals surface area contributed by atoms with Gasteiger partial charge in [0.05, 0.1) is 5.02 Å². The highest BCUT2D eigenvalue weighted by Crippen LogP contribution is 2.46. The molecule has 2 saturated carbocycles. The summed E-state index contributed by atoms with van der Waals surface area (Å²) in [4.78, 5) is 1.18. The Labute approximate surface area is 150 Å². The molecule has 0 aliphatic heterocycles. The number of thioether (sulfide) groups is 2. The molecule has 23 heavy (non-hydrogen) atoms. The minimum Gasteiger partial charge on any atom is -0.303 e. The average molecular weight is 366 g/mol. The molecule has 0 spiro atoms. The van der Waals surface area contributed by atoms with E-state index in [1.54, 1.807) is 0 Å². The summed E-state index contributed by atoms with van der Waals surface area (Å²) >= 11 is 9.89. The zero-order valence-electron chi connectivity index (χ0n) is 12.9. The first kappa shape index (κ1) is 15.9. The Morgan fingerprint density at radius 1 is 1.04 bits per heavy atom. The molecule has 0 saturated heterocycles. The Morgan fingerprint density at radius 3 is 2.57 bits per heavy atom. The summed E-state index contributed by atoms with van der Waals surface area (Å²) in [5.41, 5.74) is 0. The van der Waals surface area contributed by atoms with Crippen LogP contribution < -0.4 is 0 Å². The fourth-order valence-electron chi connectivity index (χ4n) is 2.65. The van der Waals surface area contributed by atoms with Gasteiger partial charge < -0.3 is 4.57 Å². The van der Waals surface area contributed by atoms with Crippen LogP contribution in [0.4, 0.5) is 0 Å². The highest BCUT2D eigenvalue weighted by atomic mass is 35.5. The fourth-order valence-corrected chi connectivity index (χ4v) is 4.97. The topological polar surface area (TPSA) is 30.7 Å². The summed E-state index contributed by atoms with van der Waals surface area (Å²) in [7, 11) is 0. The largest absolute Gasteiger partial charge is 0.303 e. The number of halogens is 1. The second-order valence-corrected chi connectivity index (χ2v) is 8.80. The van der Waals surface area contributed by atoms with E-state index in [-0.39, 0.29) is 0 Å². The second kappa shape index (κ2) is 7.08. The van der Waals surface area contributed by atoms with Crippen molar-refractivity contribution in [2.75, 3.05) is 11.5 Å². The second-order valence-electron chi connectivity index (χ2n) is 6.20. The van der Waals surface area contributed by atoms with Crippen molar-refractivity contribution in [2.24, 2.45) is 0 Å². The summed E-state index contributed by atoms with van der Waals surface area (Å²) in [6, 6.07) is 8.74. The van der Waals surface area contributed by atoms with Crippen LogP contribution in [0.1, 0.15) is 49.9 Å². The van der Waals surface area contributed by atoms with E-state index in [0.717, 1.165) is 28.1 Å². The van der Waals surface area contributed by atoms with E-state index < -0.39 is 0 Å². The van der Waals surface area contributed by atoms with Gasteiger partial charge >= 0.3 is 0 Å². The van der Waals surface area contributed by atoms with E-state index in [2.05, 4.69) is 20.8 Å². The smallest absolute Gasteiger partial charge is 0.191 e. The minimum absolute atomic E-state index is 0.681. The van der Waals surface area contributed by atoms with E-state index in [4.69, 9.17) is 11.6 Å². The SMILES string of the molecule is Clc1ccccc1SCCCSc1nnc(C2CC2)n1C1CC1. The summed E-state index contributed by atoms with van der Waals surface area (Å²) in [5.74, 6) is 4.12. The molecule has 2 aliphatic rings. The zero-order chi connectivity index (χ0) is 15.6. The minimum atomic E-state index is 0.681. The fraction of sp³-hybridized carbons (Fsp3) is 0.529. The Bertz CT molecular complexity index is 680. The lowest BCUT2D eigenvalue weighted by atomic mass is 10.4. The maximum atomic E-state index is 6.19. The number of hydrogen-bond acceptors (Lipinski definition) is 4. The van der Waals surface area contributed by atoms with Gasteiger partial charge in [0.2, 0.25) is 0 Å². The third-order valence-corrected chi connectivity index (χ3v) is 6.79. The quantitative estimate of drug-likeness (QED) is 0.461. The molecule has 2 aromatic rings. The van der Waals surface area contributed by atoms with Crippen LogP contribution in [0, 0.1) is 0 Å². The van der Waals surface area contributed by atoms with E-state index >= 15 is 0 Å². The normalized spacial score (nSPS) is 17.6. The van der Waals surface area contributed by atoms with E-state index in [1.807, 2.05) is 41.7 Å². The first-order valence-corrected chi connectivity index (χ1v) is 10.6. The number of hydrogen-bond donors (Lipinski definition) is 0. The molecule has 0 unspecified atom stereocenters. The van der Waals surface area contributed by atoms with E-state index in [0.29, 0.717) is 12.0 Å². The molecule has 3 nitrogen and oxygen atoms in total. The standard InChI is InChI=1S/C17H20ClN3S2/c18-14-4-1-2-5-15(14)22-10-3-11-23-17-20-19-16(12-6-7-12)21(17)13-8-9-13/h1-2,4-5,12-13H,3,6-11H2. The van der Waals surface area contributed by atoms with Crippen molar-refractivity contribution in [1.29, 1.82) is 0 Å². The molecule has 1 aromatic carbocycles. The molecule has 0 N–H and O–H groups in total. The van der Waals surface area contributed by atoms with Gasteiger partial charge in [0.15, 0.2) is 5.16 Å². The highest BCUT2D eigenvalue weighted by molar-refractivity contribution is 8.00. The van der Waals surface area contributed by atoms with Crippen molar-refractivity contribution in [3.8, 4) is 0 Å². The van der Waals surface area contributed by atoms with Gasteiger partial charge in [-0.15, -0.1) is 22.0 Å². The van der Waals surface area contributed by atoms with Crippen LogP contribution in [-0.2, 0) is 0 Å². The lowest BCUT2D eigenvalue weighted by Gasteiger charge is -2.08. The van der Waals surface area contributed by atoms with Crippen LogP contribution in [0.2, 0.25) is 5.02 Å². The van der Waals surface area contributed by atoms with Crippen molar-refractivity contribution in [2.45, 2.75) is 54.1 Å². The van der Waals surface area contributed by atoms with Gasteiger partial charge in [0.25, 0.3) is 0 Å². The first-order valence-electron chi connectivity index (χ1n) is 8.28. The maximum Gasteiger partial charge on any atom is 0.191 e. The molecule has 2 aliphatic carbocycles. The average Bonchev–Trinajstić information content (AvgIpc) is 3.48. The lowest BCUT2D eigenvalue weighted by molar-refractivity contribution is 0.627. The van der Waals surface area contributed by atoms with Crippen LogP contribution >= 0.6 is 35.1 Å². The van der Waals surface area contributed by atoms with Gasteiger partial charge in [0.1, 0.15) is 5.82 Å². The predicted molar refractivity (Wildman–Crippen MR) is 97.8 cm³/mol. The van der Waals surface area contributed by atoms with Crippen molar-refractivity contribution in [3.05, 3.63) is 35.1 Å². The van der Waals surface area contributed by atoms with E-state index in [9.17, 15) is 0 Å². The Kier molecular flexibility index (Phi) is 4.88. The van der Waals surface area contributed by atoms with Crippen LogP contribution in [0.25, 0.3) is 0 Å². The molecule has 0 amide bonds. The van der Waals surface area contributed by atoms with Crippen molar-refractivity contribution in [3.63, 3.8) is 0 Å². The third kappa shape index (κ3) is 3.89. The van der Waals surface area contributed by atoms with Crippen LogP contribution in [0.5, 0.6) is 0 Å². The molecule has 2 fully saturated rings. The van der Waals surface area contributed by atoms with Crippen molar-refractivity contribution >= 4 is 35.1 Å². The Balaban J connectivity index is 1.28. The molecule has 1 heterocycles. The predicted octanol–water partition coefficient (Wildman–Crippen LogP) is 5.42. The van der Waals surface area contributed by atoms with Crippen LogP contribution in [0.3, 0.4) is 0 Å². The van der Waals surface area contributed by atoms with Gasteiger partial charge in [0, 0.05) is 22.6 Å². The molecule has 6 heteroatoms. The van der Waals surface area contributed by atoms with E-state index in [1.165, 1.54) is 36.4 Å². The van der Waals surface area contributed by atoms with Gasteiger partial charge in [-0.3, -0.25) is 0 Å². The Morgan fingerprint density at radius 2 is 1.83 bits per heavy atom. The van der Waals surface area contributed by atoms with Gasteiger partial charge in [-0.1, -0.05) is 35.5 Å². The first-order chi connectivity index (χ1) is 11.3. The molecule has 1 aromatic heterocycles. The maximum absolute atomic E-state index is 6.19. The highest BCUT2D eigenvalue weighted by Gasteiger charge is 2.36. The zero-order valence-corrected chi connectivity index (χ0v) is 15.3. The monoisotopic (exact) mass is 365 g/mol. The molecule has 0 bridgehead atoms. The molecule has 4 rings (SSSR count). The molecular weight excluding hydrogens is 346 g/mol. The molecular formula is C17H20ClN3S2. The number of rotatable bonds is 8. The van der Waals surface area contributed by atoms with Gasteiger partial charge in [-0.25, -0.2) is 0 Å². The third-order valence-electron chi connectivity index (χ3n) is 4.16. The van der Waals surface area contributed by atoms with Crippen molar-refractivity contribution in [1.82, 2.24) is 14.8 Å². The van der Waals surface area contributed by atoms with Crippen LogP contribution in [0.15, 0.2) is 34.3 Å². The van der Waals surface area contributed by atoms with Gasteiger partial charge in [-0.2, -0.15) is 0 Å². The number of benzene rings is 1. The molecule has 122 valence electrons.